The zero-order valence-corrected chi connectivity index (χ0v) is 14.7. The smallest absolute Gasteiger partial charge is 0.277 e. The van der Waals surface area contributed by atoms with Crippen LogP contribution in [-0.2, 0) is 4.79 Å². The van der Waals surface area contributed by atoms with Crippen molar-refractivity contribution in [1.82, 2.24) is 5.43 Å². The molecule has 1 N–H and O–H groups in total. The van der Waals surface area contributed by atoms with Gasteiger partial charge in [0.05, 0.1) is 11.5 Å². The van der Waals surface area contributed by atoms with Gasteiger partial charge in [-0.3, -0.25) is 14.9 Å². The van der Waals surface area contributed by atoms with Gasteiger partial charge in [0.25, 0.3) is 11.6 Å². The number of para-hydroxylation sites is 2. The number of carbonyl (C=O) groups is 1. The molecule has 8 nitrogen and oxygen atoms in total. The van der Waals surface area contributed by atoms with E-state index in [0.29, 0.717) is 18.1 Å². The number of carbonyl (C=O) groups excluding carboxylic acids is 1. The molecule has 140 valence electrons. The summed E-state index contributed by atoms with van der Waals surface area (Å²) in [6.45, 7) is 2.16. The van der Waals surface area contributed by atoms with E-state index in [4.69, 9.17) is 9.47 Å². The van der Waals surface area contributed by atoms with Gasteiger partial charge in [0.1, 0.15) is 0 Å². The summed E-state index contributed by atoms with van der Waals surface area (Å²) in [5.74, 6) is 0.639. The highest BCUT2D eigenvalue weighted by atomic mass is 16.6. The predicted molar refractivity (Wildman–Crippen MR) is 102 cm³/mol. The number of ether oxygens (including phenoxy) is 2. The molecule has 0 aliphatic heterocycles. The number of nitrogens with one attached hydrogen (secondary N) is 1. The fourth-order valence-electron chi connectivity index (χ4n) is 2.03. The first-order chi connectivity index (χ1) is 13.1. The minimum atomic E-state index is -0.459. The normalized spacial score (nSPS) is 10.9. The lowest BCUT2D eigenvalue weighted by Gasteiger charge is -2.10. The van der Waals surface area contributed by atoms with Gasteiger partial charge in [-0.15, -0.1) is 0 Å². The average molecular weight is 369 g/mol. The third-order valence-electron chi connectivity index (χ3n) is 3.25. The van der Waals surface area contributed by atoms with Crippen molar-refractivity contribution in [2.75, 3.05) is 13.2 Å². The highest BCUT2D eigenvalue weighted by Gasteiger charge is 2.06. The van der Waals surface area contributed by atoms with Crippen LogP contribution in [0.25, 0.3) is 6.08 Å². The second-order valence-corrected chi connectivity index (χ2v) is 5.19. The summed E-state index contributed by atoms with van der Waals surface area (Å²) in [6, 6.07) is 13.1. The van der Waals surface area contributed by atoms with Gasteiger partial charge in [-0.2, -0.15) is 5.10 Å². The van der Waals surface area contributed by atoms with Gasteiger partial charge in [-0.1, -0.05) is 18.2 Å². The standard InChI is InChI=1S/C19H19N3O5/c1-2-26-17-7-3-4-8-18(17)27-14-19(23)21-20-13-5-6-15-9-11-16(12-10-15)22(24)25/h3-13H,2,14H2,1H3,(H,21,23). The first kappa shape index (κ1) is 19.6. The Kier molecular flexibility index (Phi) is 7.52. The van der Waals surface area contributed by atoms with Crippen LogP contribution >= 0.6 is 0 Å². The van der Waals surface area contributed by atoms with E-state index in [-0.39, 0.29) is 12.3 Å². The summed E-state index contributed by atoms with van der Waals surface area (Å²) in [5.41, 5.74) is 3.14. The molecule has 0 aliphatic carbocycles. The Morgan fingerprint density at radius 2 is 1.81 bits per heavy atom. The van der Waals surface area contributed by atoms with Gasteiger partial charge < -0.3 is 9.47 Å². The molecule has 0 aliphatic rings. The highest BCUT2D eigenvalue weighted by molar-refractivity contribution is 5.82. The number of benzene rings is 2. The van der Waals surface area contributed by atoms with E-state index in [9.17, 15) is 14.9 Å². The van der Waals surface area contributed by atoms with E-state index in [1.165, 1.54) is 18.3 Å². The molecule has 2 aromatic rings. The Labute approximate surface area is 156 Å². The summed E-state index contributed by atoms with van der Waals surface area (Å²) in [4.78, 5) is 21.9. The van der Waals surface area contributed by atoms with Crippen LogP contribution in [0.2, 0.25) is 0 Å². The molecule has 2 rings (SSSR count). The first-order valence-electron chi connectivity index (χ1n) is 8.18. The molecule has 0 spiro atoms. The van der Waals surface area contributed by atoms with Gasteiger partial charge in [0.15, 0.2) is 18.1 Å². The second-order valence-electron chi connectivity index (χ2n) is 5.19. The Morgan fingerprint density at radius 1 is 1.15 bits per heavy atom. The molecule has 1 amide bonds. The molecule has 0 fully saturated rings. The maximum absolute atomic E-state index is 11.7. The molecular weight excluding hydrogens is 350 g/mol. The van der Waals surface area contributed by atoms with Crippen molar-refractivity contribution in [3.63, 3.8) is 0 Å². The average Bonchev–Trinajstić information content (AvgIpc) is 2.67. The Hall–Kier alpha value is -3.68. The number of nitro benzene ring substituents is 1. The van der Waals surface area contributed by atoms with Crippen molar-refractivity contribution in [3.8, 4) is 11.5 Å². The molecular formula is C19H19N3O5. The van der Waals surface area contributed by atoms with Crippen LogP contribution in [0.1, 0.15) is 12.5 Å². The molecule has 8 heteroatoms. The monoisotopic (exact) mass is 369 g/mol. The number of hydrogen-bond acceptors (Lipinski definition) is 6. The second kappa shape index (κ2) is 10.3. The van der Waals surface area contributed by atoms with E-state index in [1.54, 1.807) is 42.5 Å². The minimum absolute atomic E-state index is 0.0268. The van der Waals surface area contributed by atoms with Crippen LogP contribution in [0, 0.1) is 10.1 Å². The molecule has 0 radical (unpaired) electrons. The Balaban J connectivity index is 1.77. The van der Waals surface area contributed by atoms with Crippen LogP contribution < -0.4 is 14.9 Å². The fraction of sp³-hybridized carbons (Fsp3) is 0.158. The third kappa shape index (κ3) is 6.62. The molecule has 0 saturated heterocycles. The number of non-ortho nitro benzene ring substituents is 1. The van der Waals surface area contributed by atoms with Crippen LogP contribution in [0.4, 0.5) is 5.69 Å². The predicted octanol–water partition coefficient (Wildman–Crippen LogP) is 3.19. The zero-order valence-electron chi connectivity index (χ0n) is 14.7. The van der Waals surface area contributed by atoms with Crippen LogP contribution in [0.5, 0.6) is 11.5 Å². The van der Waals surface area contributed by atoms with Gasteiger partial charge in [0, 0.05) is 18.3 Å². The lowest BCUT2D eigenvalue weighted by Crippen LogP contribution is -2.24. The zero-order chi connectivity index (χ0) is 19.5. The van der Waals surface area contributed by atoms with Crippen molar-refractivity contribution in [3.05, 3.63) is 70.3 Å². The summed E-state index contributed by atoms with van der Waals surface area (Å²) in [5, 5.41) is 14.4. The largest absolute Gasteiger partial charge is 0.490 e. The van der Waals surface area contributed by atoms with E-state index < -0.39 is 10.8 Å². The van der Waals surface area contributed by atoms with E-state index >= 15 is 0 Å². The van der Waals surface area contributed by atoms with Gasteiger partial charge in [-0.25, -0.2) is 5.43 Å². The molecule has 0 bridgehead atoms. The quantitative estimate of drug-likeness (QED) is 0.415. The minimum Gasteiger partial charge on any atom is -0.490 e. The van der Waals surface area contributed by atoms with Gasteiger partial charge >= 0.3 is 0 Å². The SMILES string of the molecule is CCOc1ccccc1OCC(=O)NN=CC=Cc1ccc([N+](=O)[O-])cc1. The number of nitrogens with zero attached hydrogens (tertiary/aromatic N) is 2. The molecule has 0 unspecified atom stereocenters. The van der Waals surface area contributed by atoms with Gasteiger partial charge in [-0.05, 0) is 42.8 Å². The molecule has 27 heavy (non-hydrogen) atoms. The Bertz CT molecular complexity index is 831. The number of hydrazone groups is 1. The maximum Gasteiger partial charge on any atom is 0.277 e. The van der Waals surface area contributed by atoms with Crippen LogP contribution in [0.3, 0.4) is 0 Å². The summed E-state index contributed by atoms with van der Waals surface area (Å²) < 4.78 is 10.8. The maximum atomic E-state index is 11.7. The lowest BCUT2D eigenvalue weighted by molar-refractivity contribution is -0.384. The summed E-state index contributed by atoms with van der Waals surface area (Å²) in [6.07, 6.45) is 4.70. The molecule has 0 aromatic heterocycles. The summed E-state index contributed by atoms with van der Waals surface area (Å²) >= 11 is 0. The third-order valence-corrected chi connectivity index (χ3v) is 3.25. The van der Waals surface area contributed by atoms with Gasteiger partial charge in [0.2, 0.25) is 0 Å². The molecule has 0 atom stereocenters. The number of nitro groups is 1. The molecule has 0 saturated carbocycles. The van der Waals surface area contributed by atoms with Crippen molar-refractivity contribution in [2.24, 2.45) is 5.10 Å². The van der Waals surface area contributed by atoms with E-state index in [0.717, 1.165) is 5.56 Å². The number of allylic oxidation sites excluding steroid dienone is 1. The molecule has 2 aromatic carbocycles. The fourth-order valence-corrected chi connectivity index (χ4v) is 2.03. The highest BCUT2D eigenvalue weighted by Crippen LogP contribution is 2.26. The number of hydrogen-bond donors (Lipinski definition) is 1. The van der Waals surface area contributed by atoms with Crippen molar-refractivity contribution in [2.45, 2.75) is 6.92 Å². The Morgan fingerprint density at radius 3 is 2.44 bits per heavy atom. The first-order valence-corrected chi connectivity index (χ1v) is 8.18. The number of rotatable bonds is 9. The van der Waals surface area contributed by atoms with Crippen LogP contribution in [-0.4, -0.2) is 30.3 Å². The topological polar surface area (TPSA) is 103 Å². The van der Waals surface area contributed by atoms with Crippen molar-refractivity contribution >= 4 is 23.9 Å². The lowest BCUT2D eigenvalue weighted by atomic mass is 10.2. The molecule has 0 heterocycles. The van der Waals surface area contributed by atoms with Crippen LogP contribution in [0.15, 0.2) is 59.7 Å². The van der Waals surface area contributed by atoms with Crippen molar-refractivity contribution < 1.29 is 19.2 Å². The summed E-state index contributed by atoms with van der Waals surface area (Å²) in [7, 11) is 0. The number of amides is 1. The van der Waals surface area contributed by atoms with Crippen molar-refractivity contribution in [1.29, 1.82) is 0 Å². The van der Waals surface area contributed by atoms with E-state index in [2.05, 4.69) is 10.5 Å². The van der Waals surface area contributed by atoms with E-state index in [1.807, 2.05) is 13.0 Å².